The minimum absolute atomic E-state index is 0.0405. The third-order valence-electron chi connectivity index (χ3n) is 8.32. The van der Waals surface area contributed by atoms with Crippen LogP contribution in [0.4, 0.5) is 0 Å². The smallest absolute Gasteiger partial charge is 0.303 e. The molecule has 0 amide bonds. The van der Waals surface area contributed by atoms with Crippen LogP contribution < -0.4 is 0 Å². The highest BCUT2D eigenvalue weighted by Gasteiger charge is 2.54. The van der Waals surface area contributed by atoms with Crippen molar-refractivity contribution >= 4 is 40.3 Å². The van der Waals surface area contributed by atoms with Crippen molar-refractivity contribution in [1.29, 1.82) is 0 Å². The van der Waals surface area contributed by atoms with Gasteiger partial charge in [-0.1, -0.05) is 40.4 Å². The van der Waals surface area contributed by atoms with Gasteiger partial charge in [0.15, 0.2) is 39.2 Å². The standard InChI is InChI=1S/C31H56O14Si2/c1-18(32)38-16-25-26(27(41-20(3)34)28(42-21(4)35)30(44-25)37-13-14-46(8,9)10)45-29-23(40-19(2)33)15-22(36)24(43-29)17-39-47(11,12)31(5,6)7/h22-30,36H,13-17H2,1-12H3/t22-,23-,24-,25-,26-,27+,28-,29+,30-/m1/s1. The van der Waals surface area contributed by atoms with E-state index in [0.29, 0.717) is 0 Å². The Morgan fingerprint density at radius 2 is 1.30 bits per heavy atom. The summed E-state index contributed by atoms with van der Waals surface area (Å²) in [6.45, 7) is 21.7. The van der Waals surface area contributed by atoms with Crippen LogP contribution in [0.25, 0.3) is 0 Å². The Bertz CT molecular complexity index is 1070. The van der Waals surface area contributed by atoms with E-state index in [4.69, 9.17) is 42.3 Å². The van der Waals surface area contributed by atoms with E-state index in [-0.39, 0.29) is 31.3 Å². The molecule has 0 radical (unpaired) electrons. The third kappa shape index (κ3) is 13.1. The molecule has 0 unspecified atom stereocenters. The van der Waals surface area contributed by atoms with Crippen molar-refractivity contribution in [3.05, 3.63) is 0 Å². The summed E-state index contributed by atoms with van der Waals surface area (Å²) in [5.41, 5.74) is 0. The van der Waals surface area contributed by atoms with Crippen LogP contribution in [-0.4, -0.2) is 121 Å². The van der Waals surface area contributed by atoms with Gasteiger partial charge in [-0.25, -0.2) is 0 Å². The molecule has 0 spiro atoms. The average molecular weight is 709 g/mol. The van der Waals surface area contributed by atoms with E-state index < -0.39 is 95.6 Å². The van der Waals surface area contributed by atoms with Crippen LogP contribution in [0.2, 0.25) is 43.8 Å². The van der Waals surface area contributed by atoms with Gasteiger partial charge in [-0.05, 0) is 24.2 Å². The maximum absolute atomic E-state index is 12.4. The van der Waals surface area contributed by atoms with Crippen molar-refractivity contribution < 1.29 is 66.6 Å². The Kier molecular flexibility index (Phi) is 15.0. The second kappa shape index (κ2) is 17.1. The summed E-state index contributed by atoms with van der Waals surface area (Å²) in [6, 6.07) is 0.757. The molecule has 14 nitrogen and oxygen atoms in total. The van der Waals surface area contributed by atoms with Gasteiger partial charge in [0.05, 0.1) is 12.7 Å². The molecule has 9 atom stereocenters. The van der Waals surface area contributed by atoms with Gasteiger partial charge in [-0.2, -0.15) is 0 Å². The van der Waals surface area contributed by atoms with Crippen molar-refractivity contribution in [2.45, 2.75) is 154 Å². The van der Waals surface area contributed by atoms with E-state index >= 15 is 0 Å². The van der Waals surface area contributed by atoms with Crippen molar-refractivity contribution in [2.75, 3.05) is 19.8 Å². The Labute approximate surface area is 280 Å². The Balaban J connectivity index is 2.51. The molecular weight excluding hydrogens is 652 g/mol. The van der Waals surface area contributed by atoms with Gasteiger partial charge < -0.3 is 47.4 Å². The Morgan fingerprint density at radius 3 is 1.81 bits per heavy atom. The minimum Gasteiger partial charge on any atom is -0.463 e. The topological polar surface area (TPSA) is 172 Å². The summed E-state index contributed by atoms with van der Waals surface area (Å²) >= 11 is 0. The summed E-state index contributed by atoms with van der Waals surface area (Å²) in [5.74, 6) is -2.65. The monoisotopic (exact) mass is 708 g/mol. The summed E-state index contributed by atoms with van der Waals surface area (Å²) in [7, 11) is -3.79. The highest BCUT2D eigenvalue weighted by molar-refractivity contribution is 6.76. The maximum atomic E-state index is 12.4. The maximum Gasteiger partial charge on any atom is 0.303 e. The zero-order valence-corrected chi connectivity index (χ0v) is 32.0. The van der Waals surface area contributed by atoms with Gasteiger partial charge >= 0.3 is 23.9 Å². The van der Waals surface area contributed by atoms with Crippen molar-refractivity contribution in [3.63, 3.8) is 0 Å². The van der Waals surface area contributed by atoms with Crippen LogP contribution in [0.1, 0.15) is 54.9 Å². The lowest BCUT2D eigenvalue weighted by Gasteiger charge is -2.47. The molecule has 2 rings (SSSR count). The fraction of sp³-hybridized carbons (Fsp3) is 0.871. The molecule has 0 aliphatic carbocycles. The molecule has 47 heavy (non-hydrogen) atoms. The highest BCUT2D eigenvalue weighted by Crippen LogP contribution is 2.38. The molecule has 16 heteroatoms. The number of aliphatic hydroxyl groups excluding tert-OH is 1. The summed E-state index contributed by atoms with van der Waals surface area (Å²) in [5, 5.41) is 10.9. The van der Waals surface area contributed by atoms with Gasteiger partial charge in [0.2, 0.25) is 0 Å². The first-order valence-corrected chi connectivity index (χ1v) is 22.7. The van der Waals surface area contributed by atoms with Crippen LogP contribution in [0.15, 0.2) is 0 Å². The first-order valence-electron chi connectivity index (χ1n) is 16.1. The largest absolute Gasteiger partial charge is 0.463 e. The number of hydrogen-bond acceptors (Lipinski definition) is 14. The second-order valence-corrected chi connectivity index (χ2v) is 25.3. The number of carbonyl (C=O) groups is 4. The Morgan fingerprint density at radius 1 is 0.745 bits per heavy atom. The predicted octanol–water partition coefficient (Wildman–Crippen LogP) is 3.31. The van der Waals surface area contributed by atoms with Crippen molar-refractivity contribution in [2.24, 2.45) is 0 Å². The zero-order chi connectivity index (χ0) is 35.9. The quantitative estimate of drug-likeness (QED) is 0.158. The lowest BCUT2D eigenvalue weighted by molar-refractivity contribution is -0.350. The van der Waals surface area contributed by atoms with Crippen molar-refractivity contribution in [3.8, 4) is 0 Å². The van der Waals surface area contributed by atoms with E-state index in [1.54, 1.807) is 0 Å². The van der Waals surface area contributed by atoms with Crippen LogP contribution in [0.3, 0.4) is 0 Å². The second-order valence-electron chi connectivity index (χ2n) is 14.8. The molecule has 272 valence electrons. The summed E-state index contributed by atoms with van der Waals surface area (Å²) in [6.07, 6.45) is -10.6. The number of carbonyl (C=O) groups excluding carboxylic acids is 4. The Hall–Kier alpha value is -1.93. The van der Waals surface area contributed by atoms with Gasteiger partial charge in [-0.3, -0.25) is 19.2 Å². The molecule has 0 aromatic heterocycles. The van der Waals surface area contributed by atoms with Gasteiger partial charge in [0.1, 0.15) is 24.9 Å². The molecule has 0 bridgehead atoms. The number of aliphatic hydroxyl groups is 1. The van der Waals surface area contributed by atoms with E-state index in [9.17, 15) is 24.3 Å². The molecule has 2 heterocycles. The van der Waals surface area contributed by atoms with Crippen molar-refractivity contribution in [1.82, 2.24) is 0 Å². The fourth-order valence-corrected chi connectivity index (χ4v) is 6.48. The van der Waals surface area contributed by atoms with E-state index in [2.05, 4.69) is 53.5 Å². The van der Waals surface area contributed by atoms with Gasteiger partial charge in [-0.15, -0.1) is 0 Å². The predicted molar refractivity (Wildman–Crippen MR) is 173 cm³/mol. The normalized spacial score (nSPS) is 30.3. The molecule has 0 aromatic rings. The molecule has 2 aliphatic heterocycles. The van der Waals surface area contributed by atoms with Gasteiger partial charge in [0.25, 0.3) is 0 Å². The van der Waals surface area contributed by atoms with Crippen LogP contribution in [0.5, 0.6) is 0 Å². The number of hydrogen-bond donors (Lipinski definition) is 1. The zero-order valence-electron chi connectivity index (χ0n) is 30.0. The molecule has 2 aliphatic rings. The lowest BCUT2D eigenvalue weighted by atomic mass is 9.97. The van der Waals surface area contributed by atoms with E-state index in [1.807, 2.05) is 0 Å². The SMILES string of the molecule is CC(=O)OC[C@H]1O[C@@H](OCC[Si](C)(C)C)[C@H](OC(C)=O)[C@@H](OC(C)=O)[C@@H]1O[C@@H]1O[C@H](CO[Si](C)(C)C(C)(C)C)[C@H](O)C[C@H]1OC(C)=O. The van der Waals surface area contributed by atoms with E-state index in [0.717, 1.165) is 6.04 Å². The molecular formula is C31H56O14Si2. The number of esters is 4. The fourth-order valence-electron chi connectivity index (χ4n) is 4.73. The summed E-state index contributed by atoms with van der Waals surface area (Å²) < 4.78 is 53.3. The minimum atomic E-state index is -2.25. The van der Waals surface area contributed by atoms with Crippen LogP contribution in [-0.2, 0) is 61.5 Å². The first kappa shape index (κ1) is 41.2. The lowest BCUT2D eigenvalue weighted by Crippen LogP contribution is -2.64. The summed E-state index contributed by atoms with van der Waals surface area (Å²) in [4.78, 5) is 48.7. The van der Waals surface area contributed by atoms with Gasteiger partial charge in [0, 0.05) is 48.8 Å². The highest BCUT2D eigenvalue weighted by atomic mass is 28.4. The molecule has 1 N–H and O–H groups in total. The molecule has 2 fully saturated rings. The van der Waals surface area contributed by atoms with Crippen LogP contribution in [0, 0.1) is 0 Å². The number of rotatable bonds is 14. The third-order valence-corrected chi connectivity index (χ3v) is 14.5. The molecule has 0 saturated carbocycles. The van der Waals surface area contributed by atoms with E-state index in [1.165, 1.54) is 27.7 Å². The average Bonchev–Trinajstić information content (AvgIpc) is 2.89. The molecule has 0 aromatic carbocycles. The number of ether oxygens (including phenoxy) is 8. The molecule has 2 saturated heterocycles. The first-order chi connectivity index (χ1) is 21.5. The van der Waals surface area contributed by atoms with Crippen LogP contribution >= 0.6 is 0 Å².